The van der Waals surface area contributed by atoms with Gasteiger partial charge in [-0.1, -0.05) is 0 Å². The molecule has 0 saturated heterocycles. The minimum absolute atomic E-state index is 0.0943. The zero-order valence-electron chi connectivity index (χ0n) is 16.0. The van der Waals surface area contributed by atoms with Crippen LogP contribution in [0.5, 0.6) is 0 Å². The van der Waals surface area contributed by atoms with Crippen molar-refractivity contribution in [3.8, 4) is 11.3 Å². The Labute approximate surface area is 170 Å². The number of aromatic nitrogens is 4. The molecule has 1 aliphatic carbocycles. The van der Waals surface area contributed by atoms with E-state index < -0.39 is 11.7 Å². The summed E-state index contributed by atoms with van der Waals surface area (Å²) in [5, 5.41) is 7.45. The van der Waals surface area contributed by atoms with E-state index in [-0.39, 0.29) is 23.5 Å². The van der Waals surface area contributed by atoms with Crippen LogP contribution in [0.4, 0.5) is 19.0 Å². The fourth-order valence-corrected chi connectivity index (χ4v) is 3.77. The first-order valence-corrected chi connectivity index (χ1v) is 9.71. The SMILES string of the molecule is O=c1ccc(-c2ccncc2)nn1C1CCC(Nc2ncccc2C(F)(F)F)CC1. The normalized spacial score (nSPS) is 19.4. The third-order valence-corrected chi connectivity index (χ3v) is 5.30. The molecule has 3 aromatic heterocycles. The Morgan fingerprint density at radius 3 is 2.40 bits per heavy atom. The number of alkyl halides is 3. The second-order valence-corrected chi connectivity index (χ2v) is 7.28. The highest BCUT2D eigenvalue weighted by Gasteiger charge is 2.35. The summed E-state index contributed by atoms with van der Waals surface area (Å²) in [7, 11) is 0. The highest BCUT2D eigenvalue weighted by molar-refractivity contribution is 5.57. The Kier molecular flexibility index (Phi) is 5.52. The molecule has 3 heterocycles. The zero-order valence-corrected chi connectivity index (χ0v) is 16.0. The van der Waals surface area contributed by atoms with Gasteiger partial charge in [0.1, 0.15) is 5.82 Å². The molecule has 4 rings (SSSR count). The van der Waals surface area contributed by atoms with Crippen molar-refractivity contribution >= 4 is 5.82 Å². The van der Waals surface area contributed by atoms with Gasteiger partial charge in [-0.05, 0) is 56.0 Å². The fraction of sp³-hybridized carbons (Fsp3) is 0.333. The lowest BCUT2D eigenvalue weighted by Crippen LogP contribution is -2.33. The van der Waals surface area contributed by atoms with Crippen molar-refractivity contribution in [2.75, 3.05) is 5.32 Å². The van der Waals surface area contributed by atoms with E-state index in [2.05, 4.69) is 20.4 Å². The Morgan fingerprint density at radius 1 is 0.967 bits per heavy atom. The molecule has 9 heteroatoms. The first kappa shape index (κ1) is 20.1. The van der Waals surface area contributed by atoms with E-state index in [1.165, 1.54) is 23.0 Å². The van der Waals surface area contributed by atoms with Crippen LogP contribution >= 0.6 is 0 Å². The summed E-state index contributed by atoms with van der Waals surface area (Å²) in [6.45, 7) is 0. The molecule has 0 atom stereocenters. The van der Waals surface area contributed by atoms with E-state index in [1.54, 1.807) is 18.5 Å². The predicted molar refractivity (Wildman–Crippen MR) is 106 cm³/mol. The number of rotatable bonds is 4. The summed E-state index contributed by atoms with van der Waals surface area (Å²) in [5.41, 5.74) is 0.591. The molecule has 0 amide bonds. The van der Waals surface area contributed by atoms with E-state index in [0.29, 0.717) is 31.4 Å². The molecule has 6 nitrogen and oxygen atoms in total. The average molecular weight is 415 g/mol. The number of nitrogens with one attached hydrogen (secondary N) is 1. The Morgan fingerprint density at radius 2 is 1.70 bits per heavy atom. The molecule has 1 saturated carbocycles. The quantitative estimate of drug-likeness (QED) is 0.687. The van der Waals surface area contributed by atoms with E-state index in [1.807, 2.05) is 12.1 Å². The van der Waals surface area contributed by atoms with Crippen LogP contribution in [0.2, 0.25) is 0 Å². The van der Waals surface area contributed by atoms with Gasteiger partial charge in [0.15, 0.2) is 0 Å². The first-order chi connectivity index (χ1) is 14.4. The summed E-state index contributed by atoms with van der Waals surface area (Å²) in [4.78, 5) is 20.2. The maximum atomic E-state index is 13.2. The number of pyridine rings is 2. The van der Waals surface area contributed by atoms with E-state index in [4.69, 9.17) is 0 Å². The Bertz CT molecular complexity index is 1060. The lowest BCUT2D eigenvalue weighted by atomic mass is 9.91. The molecule has 1 N–H and O–H groups in total. The van der Waals surface area contributed by atoms with Crippen LogP contribution in [0.25, 0.3) is 11.3 Å². The minimum atomic E-state index is -4.46. The van der Waals surface area contributed by atoms with Gasteiger partial charge in [-0.2, -0.15) is 18.3 Å². The van der Waals surface area contributed by atoms with Gasteiger partial charge in [0.05, 0.1) is 17.3 Å². The van der Waals surface area contributed by atoms with Crippen molar-refractivity contribution in [1.29, 1.82) is 0 Å². The van der Waals surface area contributed by atoms with Crippen LogP contribution in [-0.4, -0.2) is 25.8 Å². The van der Waals surface area contributed by atoms with Crippen LogP contribution in [0.1, 0.15) is 37.3 Å². The largest absolute Gasteiger partial charge is 0.419 e. The van der Waals surface area contributed by atoms with Crippen molar-refractivity contribution in [1.82, 2.24) is 19.7 Å². The molecule has 0 aliphatic heterocycles. The monoisotopic (exact) mass is 415 g/mol. The van der Waals surface area contributed by atoms with Crippen LogP contribution in [0, 0.1) is 0 Å². The number of nitrogens with zero attached hydrogens (tertiary/aromatic N) is 4. The highest BCUT2D eigenvalue weighted by atomic mass is 19.4. The third kappa shape index (κ3) is 4.34. The molecule has 0 bridgehead atoms. The van der Waals surface area contributed by atoms with Crippen molar-refractivity contribution in [3.63, 3.8) is 0 Å². The summed E-state index contributed by atoms with van der Waals surface area (Å²) < 4.78 is 41.0. The van der Waals surface area contributed by atoms with Crippen LogP contribution in [0.3, 0.4) is 0 Å². The maximum absolute atomic E-state index is 13.2. The second kappa shape index (κ2) is 8.25. The summed E-state index contributed by atoms with van der Waals surface area (Å²) in [6, 6.07) is 8.89. The Balaban J connectivity index is 1.47. The molecule has 0 aromatic carbocycles. The number of hydrogen-bond donors (Lipinski definition) is 1. The number of anilines is 1. The second-order valence-electron chi connectivity index (χ2n) is 7.28. The van der Waals surface area contributed by atoms with Gasteiger partial charge in [-0.25, -0.2) is 9.67 Å². The number of hydrogen-bond acceptors (Lipinski definition) is 5. The van der Waals surface area contributed by atoms with Crippen molar-refractivity contribution in [2.45, 2.75) is 43.9 Å². The first-order valence-electron chi connectivity index (χ1n) is 9.71. The molecule has 1 fully saturated rings. The molecular formula is C21H20F3N5O. The molecule has 0 unspecified atom stereocenters. The minimum Gasteiger partial charge on any atom is -0.367 e. The summed E-state index contributed by atoms with van der Waals surface area (Å²) in [6.07, 6.45) is 2.72. The smallest absolute Gasteiger partial charge is 0.367 e. The lowest BCUT2D eigenvalue weighted by molar-refractivity contribution is -0.137. The van der Waals surface area contributed by atoms with Gasteiger partial charge in [0.25, 0.3) is 5.56 Å². The van der Waals surface area contributed by atoms with Gasteiger partial charge in [0, 0.05) is 36.3 Å². The number of halogens is 3. The molecule has 156 valence electrons. The lowest BCUT2D eigenvalue weighted by Gasteiger charge is -2.30. The average Bonchev–Trinajstić information content (AvgIpc) is 2.75. The molecule has 30 heavy (non-hydrogen) atoms. The van der Waals surface area contributed by atoms with Gasteiger partial charge in [-0.15, -0.1) is 0 Å². The maximum Gasteiger partial charge on any atom is 0.419 e. The van der Waals surface area contributed by atoms with Crippen LogP contribution in [0.15, 0.2) is 59.8 Å². The third-order valence-electron chi connectivity index (χ3n) is 5.30. The molecule has 3 aromatic rings. The van der Waals surface area contributed by atoms with E-state index in [0.717, 1.165) is 11.6 Å². The van der Waals surface area contributed by atoms with Crippen molar-refractivity contribution in [3.05, 3.63) is 70.9 Å². The molecule has 0 spiro atoms. The van der Waals surface area contributed by atoms with Gasteiger partial charge >= 0.3 is 6.18 Å². The molecular weight excluding hydrogens is 395 g/mol. The van der Waals surface area contributed by atoms with Gasteiger partial charge < -0.3 is 5.32 Å². The van der Waals surface area contributed by atoms with E-state index in [9.17, 15) is 18.0 Å². The van der Waals surface area contributed by atoms with Crippen LogP contribution in [-0.2, 0) is 6.18 Å². The zero-order chi connectivity index (χ0) is 21.1. The van der Waals surface area contributed by atoms with Gasteiger partial charge in [-0.3, -0.25) is 9.78 Å². The standard InChI is InChI=1S/C21H20F3N5O/c22-21(23,24)17-2-1-11-26-20(17)27-15-3-5-16(6-4-15)29-19(30)8-7-18(28-29)14-9-12-25-13-10-14/h1-2,7-13,15-16H,3-6H2,(H,26,27). The summed E-state index contributed by atoms with van der Waals surface area (Å²) >= 11 is 0. The fourth-order valence-electron chi connectivity index (χ4n) is 3.77. The van der Waals surface area contributed by atoms with Crippen molar-refractivity contribution < 1.29 is 13.2 Å². The van der Waals surface area contributed by atoms with Crippen molar-refractivity contribution in [2.24, 2.45) is 0 Å². The van der Waals surface area contributed by atoms with Gasteiger partial charge in [0.2, 0.25) is 0 Å². The van der Waals surface area contributed by atoms with Crippen LogP contribution < -0.4 is 10.9 Å². The topological polar surface area (TPSA) is 72.7 Å². The van der Waals surface area contributed by atoms with E-state index >= 15 is 0 Å². The molecule has 1 aliphatic rings. The highest BCUT2D eigenvalue weighted by Crippen LogP contribution is 2.35. The Hall–Kier alpha value is -3.23. The molecule has 0 radical (unpaired) electrons. The summed E-state index contributed by atoms with van der Waals surface area (Å²) in [5.74, 6) is -0.150. The predicted octanol–water partition coefficient (Wildman–Crippen LogP) is 4.31.